The van der Waals surface area contributed by atoms with E-state index in [2.05, 4.69) is 10.3 Å². The molecule has 0 radical (unpaired) electrons. The molecule has 1 aromatic heterocycles. The Labute approximate surface area is 163 Å². The quantitative estimate of drug-likeness (QED) is 0.683. The van der Waals surface area contributed by atoms with Crippen molar-refractivity contribution in [1.29, 1.82) is 0 Å². The van der Waals surface area contributed by atoms with Gasteiger partial charge in [-0.25, -0.2) is 0 Å². The molecule has 1 unspecified atom stereocenters. The van der Waals surface area contributed by atoms with Crippen molar-refractivity contribution in [2.75, 3.05) is 7.05 Å². The molecular formula is C21H22ClN3O2. The molecule has 1 heterocycles. The fourth-order valence-corrected chi connectivity index (χ4v) is 3.39. The van der Waals surface area contributed by atoms with Crippen molar-refractivity contribution >= 4 is 34.3 Å². The highest BCUT2D eigenvalue weighted by molar-refractivity contribution is 6.31. The van der Waals surface area contributed by atoms with Crippen molar-refractivity contribution in [3.05, 3.63) is 70.9 Å². The summed E-state index contributed by atoms with van der Waals surface area (Å²) in [5.41, 5.74) is 2.86. The van der Waals surface area contributed by atoms with Gasteiger partial charge in [0.15, 0.2) is 0 Å². The summed E-state index contributed by atoms with van der Waals surface area (Å²) in [7, 11) is 1.72. The van der Waals surface area contributed by atoms with Crippen LogP contribution in [0.2, 0.25) is 5.02 Å². The van der Waals surface area contributed by atoms with E-state index in [9.17, 15) is 9.59 Å². The SMILES string of the molecule is CC(=O)NC(Cc1c[nH]c2ccccc12)C(=O)N(C)Cc1ccccc1Cl. The second-order valence-electron chi connectivity index (χ2n) is 6.60. The third kappa shape index (κ3) is 4.49. The molecule has 0 bridgehead atoms. The summed E-state index contributed by atoms with van der Waals surface area (Å²) in [4.78, 5) is 29.5. The molecule has 0 aliphatic rings. The number of likely N-dealkylation sites (N-methyl/N-ethyl adjacent to an activating group) is 1. The summed E-state index contributed by atoms with van der Waals surface area (Å²) in [5, 5.41) is 4.45. The number of aromatic amines is 1. The maximum absolute atomic E-state index is 13.0. The largest absolute Gasteiger partial charge is 0.361 e. The smallest absolute Gasteiger partial charge is 0.245 e. The molecule has 0 saturated heterocycles. The number of carbonyl (C=O) groups is 2. The number of nitrogens with zero attached hydrogens (tertiary/aromatic N) is 1. The first-order valence-corrected chi connectivity index (χ1v) is 9.14. The third-order valence-corrected chi connectivity index (χ3v) is 4.88. The van der Waals surface area contributed by atoms with Crippen LogP contribution in [-0.2, 0) is 22.6 Å². The second kappa shape index (κ2) is 8.27. The average molecular weight is 384 g/mol. The highest BCUT2D eigenvalue weighted by atomic mass is 35.5. The number of carbonyl (C=O) groups excluding carboxylic acids is 2. The van der Waals surface area contributed by atoms with E-state index < -0.39 is 6.04 Å². The van der Waals surface area contributed by atoms with Gasteiger partial charge < -0.3 is 15.2 Å². The lowest BCUT2D eigenvalue weighted by Crippen LogP contribution is -2.47. The van der Waals surface area contributed by atoms with E-state index in [1.54, 1.807) is 18.0 Å². The number of fused-ring (bicyclic) bond motifs is 1. The first kappa shape index (κ1) is 19.0. The monoisotopic (exact) mass is 383 g/mol. The Morgan fingerprint density at radius 3 is 2.56 bits per heavy atom. The molecule has 5 nitrogen and oxygen atoms in total. The Hall–Kier alpha value is -2.79. The van der Waals surface area contributed by atoms with Crippen LogP contribution in [0.5, 0.6) is 0 Å². The number of para-hydroxylation sites is 1. The molecule has 0 aliphatic heterocycles. The maximum Gasteiger partial charge on any atom is 0.245 e. The van der Waals surface area contributed by atoms with Gasteiger partial charge in [-0.1, -0.05) is 48.0 Å². The standard InChI is InChI=1S/C21H22ClN3O2/c1-14(26)24-20(11-16-12-23-19-10-6-4-8-17(16)19)21(27)25(2)13-15-7-3-5-9-18(15)22/h3-10,12,20,23H,11,13H2,1-2H3,(H,24,26). The lowest BCUT2D eigenvalue weighted by molar-refractivity contribution is -0.135. The van der Waals surface area contributed by atoms with Gasteiger partial charge in [-0.05, 0) is 23.3 Å². The molecule has 6 heteroatoms. The molecule has 2 amide bonds. The Bertz CT molecular complexity index is 967. The third-order valence-electron chi connectivity index (χ3n) is 4.52. The summed E-state index contributed by atoms with van der Waals surface area (Å²) in [6, 6.07) is 14.7. The number of hydrogen-bond acceptors (Lipinski definition) is 2. The zero-order valence-electron chi connectivity index (χ0n) is 15.3. The van der Waals surface area contributed by atoms with E-state index >= 15 is 0 Å². The Balaban J connectivity index is 1.80. The fourth-order valence-electron chi connectivity index (χ4n) is 3.19. The molecule has 0 saturated carbocycles. The van der Waals surface area contributed by atoms with E-state index in [1.165, 1.54) is 6.92 Å². The van der Waals surface area contributed by atoms with Gasteiger partial charge in [-0.15, -0.1) is 0 Å². The Morgan fingerprint density at radius 2 is 1.81 bits per heavy atom. The molecule has 27 heavy (non-hydrogen) atoms. The predicted octanol–water partition coefficient (Wildman–Crippen LogP) is 3.53. The minimum absolute atomic E-state index is 0.157. The van der Waals surface area contributed by atoms with Crippen molar-refractivity contribution in [3.63, 3.8) is 0 Å². The van der Waals surface area contributed by atoms with Crippen LogP contribution in [0.3, 0.4) is 0 Å². The van der Waals surface area contributed by atoms with Crippen LogP contribution >= 0.6 is 11.6 Å². The van der Waals surface area contributed by atoms with Crippen LogP contribution in [0.4, 0.5) is 0 Å². The van der Waals surface area contributed by atoms with Crippen molar-refractivity contribution in [3.8, 4) is 0 Å². The number of benzene rings is 2. The van der Waals surface area contributed by atoms with Crippen LogP contribution in [-0.4, -0.2) is 34.8 Å². The van der Waals surface area contributed by atoms with E-state index in [0.717, 1.165) is 22.0 Å². The van der Waals surface area contributed by atoms with Crippen LogP contribution in [0.25, 0.3) is 10.9 Å². The highest BCUT2D eigenvalue weighted by Crippen LogP contribution is 2.21. The number of H-pyrrole nitrogens is 1. The summed E-state index contributed by atoms with van der Waals surface area (Å²) in [6.45, 7) is 1.80. The van der Waals surface area contributed by atoms with E-state index in [-0.39, 0.29) is 11.8 Å². The van der Waals surface area contributed by atoms with Gasteiger partial charge in [0.2, 0.25) is 11.8 Å². The summed E-state index contributed by atoms with van der Waals surface area (Å²) in [5.74, 6) is -0.394. The zero-order valence-corrected chi connectivity index (χ0v) is 16.1. The topological polar surface area (TPSA) is 65.2 Å². The molecule has 0 spiro atoms. The highest BCUT2D eigenvalue weighted by Gasteiger charge is 2.25. The van der Waals surface area contributed by atoms with Crippen LogP contribution in [0.15, 0.2) is 54.7 Å². The summed E-state index contributed by atoms with van der Waals surface area (Å²) >= 11 is 6.21. The Kier molecular flexibility index (Phi) is 5.81. The minimum Gasteiger partial charge on any atom is -0.361 e. The predicted molar refractivity (Wildman–Crippen MR) is 108 cm³/mol. The van der Waals surface area contributed by atoms with Gasteiger partial charge in [0.1, 0.15) is 6.04 Å². The summed E-state index contributed by atoms with van der Waals surface area (Å²) < 4.78 is 0. The lowest BCUT2D eigenvalue weighted by atomic mass is 10.0. The van der Waals surface area contributed by atoms with E-state index in [0.29, 0.717) is 18.0 Å². The van der Waals surface area contributed by atoms with Crippen molar-refractivity contribution in [2.24, 2.45) is 0 Å². The summed E-state index contributed by atoms with van der Waals surface area (Å²) in [6.07, 6.45) is 2.30. The molecule has 1 atom stereocenters. The average Bonchev–Trinajstić information content (AvgIpc) is 3.05. The number of nitrogens with one attached hydrogen (secondary N) is 2. The van der Waals surface area contributed by atoms with Crippen LogP contribution < -0.4 is 5.32 Å². The maximum atomic E-state index is 13.0. The van der Waals surface area contributed by atoms with Crippen LogP contribution in [0.1, 0.15) is 18.1 Å². The van der Waals surface area contributed by atoms with Gasteiger partial charge in [-0.3, -0.25) is 9.59 Å². The van der Waals surface area contributed by atoms with Gasteiger partial charge in [0.05, 0.1) is 0 Å². The molecule has 140 valence electrons. The molecule has 3 aromatic rings. The van der Waals surface area contributed by atoms with Crippen LogP contribution in [0, 0.1) is 0 Å². The van der Waals surface area contributed by atoms with Crippen molar-refractivity contribution < 1.29 is 9.59 Å². The van der Waals surface area contributed by atoms with Gasteiger partial charge >= 0.3 is 0 Å². The molecule has 2 N–H and O–H groups in total. The van der Waals surface area contributed by atoms with Crippen molar-refractivity contribution in [1.82, 2.24) is 15.2 Å². The second-order valence-corrected chi connectivity index (χ2v) is 7.01. The molecule has 3 rings (SSSR count). The van der Waals surface area contributed by atoms with Gasteiger partial charge in [0.25, 0.3) is 0 Å². The first-order chi connectivity index (χ1) is 13.0. The van der Waals surface area contributed by atoms with E-state index in [1.807, 2.05) is 48.7 Å². The van der Waals surface area contributed by atoms with Gasteiger partial charge in [0, 0.05) is 49.1 Å². The molecule has 0 fully saturated rings. The van der Waals surface area contributed by atoms with Crippen molar-refractivity contribution in [2.45, 2.75) is 25.9 Å². The van der Waals surface area contributed by atoms with Gasteiger partial charge in [-0.2, -0.15) is 0 Å². The molecule has 0 aliphatic carbocycles. The zero-order chi connectivity index (χ0) is 19.4. The number of aromatic nitrogens is 1. The number of rotatable bonds is 6. The molecular weight excluding hydrogens is 362 g/mol. The van der Waals surface area contributed by atoms with E-state index in [4.69, 9.17) is 11.6 Å². The Morgan fingerprint density at radius 1 is 1.11 bits per heavy atom. The number of amides is 2. The fraction of sp³-hybridized carbons (Fsp3) is 0.238. The normalized spacial score (nSPS) is 12.0. The minimum atomic E-state index is -0.644. The lowest BCUT2D eigenvalue weighted by Gasteiger charge is -2.24. The number of hydrogen-bond donors (Lipinski definition) is 2. The molecule has 2 aromatic carbocycles. The first-order valence-electron chi connectivity index (χ1n) is 8.76. The number of halogens is 1.